The van der Waals surface area contributed by atoms with Gasteiger partial charge in [-0.3, -0.25) is 14.9 Å². The highest BCUT2D eigenvalue weighted by molar-refractivity contribution is 6.30. The number of hydrogen-bond donors (Lipinski definition) is 1. The van der Waals surface area contributed by atoms with E-state index in [1.54, 1.807) is 0 Å². The smallest absolute Gasteiger partial charge is 0.323 e. The van der Waals surface area contributed by atoms with Crippen molar-refractivity contribution in [3.63, 3.8) is 0 Å². The highest BCUT2D eigenvalue weighted by Gasteiger charge is 2.61. The van der Waals surface area contributed by atoms with E-state index in [9.17, 15) is 9.59 Å². The average molecular weight is 336 g/mol. The van der Waals surface area contributed by atoms with E-state index in [-0.39, 0.29) is 23.7 Å². The second-order valence-electron chi connectivity index (χ2n) is 6.48. The molecule has 0 aromatic heterocycles. The largest absolute Gasteiger partial charge is 0.468 e. The molecular formula is C18H22ClNO3. The van der Waals surface area contributed by atoms with E-state index in [2.05, 4.69) is 5.32 Å². The Balaban J connectivity index is 2.07. The van der Waals surface area contributed by atoms with Crippen molar-refractivity contribution < 1.29 is 14.3 Å². The highest BCUT2D eigenvalue weighted by Crippen LogP contribution is 2.56. The zero-order chi connectivity index (χ0) is 16.6. The quantitative estimate of drug-likeness (QED) is 0.861. The van der Waals surface area contributed by atoms with Gasteiger partial charge in [0.05, 0.1) is 12.5 Å². The summed E-state index contributed by atoms with van der Waals surface area (Å²) in [6.07, 6.45) is 3.06. The zero-order valence-corrected chi connectivity index (χ0v) is 14.2. The van der Waals surface area contributed by atoms with Gasteiger partial charge < -0.3 is 4.74 Å². The zero-order valence-electron chi connectivity index (χ0n) is 13.5. The van der Waals surface area contributed by atoms with Crippen LogP contribution in [-0.2, 0) is 14.3 Å². The predicted octanol–water partition coefficient (Wildman–Crippen LogP) is 3.29. The van der Waals surface area contributed by atoms with Crippen LogP contribution in [0.15, 0.2) is 24.3 Å². The number of methoxy groups -OCH3 is 1. The van der Waals surface area contributed by atoms with E-state index in [1.807, 2.05) is 31.2 Å². The average Bonchev–Trinajstić information content (AvgIpc) is 3.10. The number of hydrogen-bond acceptors (Lipinski definition) is 4. The number of benzene rings is 1. The Hall–Kier alpha value is -1.39. The summed E-state index contributed by atoms with van der Waals surface area (Å²) in [6, 6.07) is 6.95. The van der Waals surface area contributed by atoms with Crippen LogP contribution in [0.4, 0.5) is 0 Å². The number of ketones is 1. The van der Waals surface area contributed by atoms with Gasteiger partial charge in [-0.2, -0.15) is 0 Å². The number of nitrogens with one attached hydrogen (secondary N) is 1. The third-order valence-corrected chi connectivity index (χ3v) is 5.79. The second kappa shape index (κ2) is 6.25. The number of ether oxygens (including phenoxy) is 1. The van der Waals surface area contributed by atoms with E-state index in [0.29, 0.717) is 11.4 Å². The van der Waals surface area contributed by atoms with Crippen LogP contribution in [0.3, 0.4) is 0 Å². The first-order valence-electron chi connectivity index (χ1n) is 8.17. The molecule has 2 fully saturated rings. The Labute approximate surface area is 141 Å². The summed E-state index contributed by atoms with van der Waals surface area (Å²) in [5.74, 6) is -0.0544. The lowest BCUT2D eigenvalue weighted by atomic mass is 9.66. The van der Waals surface area contributed by atoms with Crippen LogP contribution in [-0.4, -0.2) is 24.9 Å². The van der Waals surface area contributed by atoms with Gasteiger partial charge in [0.25, 0.3) is 0 Å². The second-order valence-corrected chi connectivity index (χ2v) is 6.92. The van der Waals surface area contributed by atoms with E-state index >= 15 is 0 Å². The van der Waals surface area contributed by atoms with Crippen molar-refractivity contribution in [2.24, 2.45) is 11.3 Å². The van der Waals surface area contributed by atoms with E-state index < -0.39 is 11.5 Å². The fourth-order valence-electron chi connectivity index (χ4n) is 4.58. The van der Waals surface area contributed by atoms with Crippen molar-refractivity contribution >= 4 is 23.4 Å². The van der Waals surface area contributed by atoms with Crippen LogP contribution < -0.4 is 5.32 Å². The van der Waals surface area contributed by atoms with Gasteiger partial charge >= 0.3 is 5.97 Å². The molecule has 1 aliphatic heterocycles. The Morgan fingerprint density at radius 3 is 2.61 bits per heavy atom. The van der Waals surface area contributed by atoms with Crippen LogP contribution >= 0.6 is 11.6 Å². The molecular weight excluding hydrogens is 314 g/mol. The normalized spacial score (nSPS) is 33.3. The Morgan fingerprint density at radius 1 is 1.39 bits per heavy atom. The van der Waals surface area contributed by atoms with Gasteiger partial charge in [-0.25, -0.2) is 0 Å². The van der Waals surface area contributed by atoms with Crippen molar-refractivity contribution in [1.82, 2.24) is 5.32 Å². The molecule has 1 N–H and O–H groups in total. The van der Waals surface area contributed by atoms with Crippen molar-refractivity contribution in [3.8, 4) is 0 Å². The van der Waals surface area contributed by atoms with Crippen LogP contribution in [0, 0.1) is 11.3 Å². The van der Waals surface area contributed by atoms with Crippen LogP contribution in [0.2, 0.25) is 5.02 Å². The molecule has 1 saturated heterocycles. The molecule has 1 aromatic rings. The highest BCUT2D eigenvalue weighted by atomic mass is 35.5. The third-order valence-electron chi connectivity index (χ3n) is 5.54. The monoisotopic (exact) mass is 335 g/mol. The number of esters is 1. The van der Waals surface area contributed by atoms with Gasteiger partial charge in [-0.05, 0) is 36.5 Å². The summed E-state index contributed by atoms with van der Waals surface area (Å²) >= 11 is 5.99. The fourth-order valence-corrected chi connectivity index (χ4v) is 4.70. The molecule has 4 nitrogen and oxygen atoms in total. The molecule has 4 atom stereocenters. The molecule has 0 amide bonds. The number of rotatable bonds is 3. The molecule has 1 aliphatic carbocycles. The molecule has 1 saturated carbocycles. The SMILES string of the molecule is CC[C@H]1[C@H](C(=O)OC)N[C@H](c2ccc(Cl)cc2)[C@@]12CCCC2=O. The van der Waals surface area contributed by atoms with Gasteiger partial charge in [0.15, 0.2) is 0 Å². The van der Waals surface area contributed by atoms with Gasteiger partial charge in [-0.1, -0.05) is 37.1 Å². The fraction of sp³-hybridized carbons (Fsp3) is 0.556. The lowest BCUT2D eigenvalue weighted by Gasteiger charge is -2.34. The lowest BCUT2D eigenvalue weighted by molar-refractivity contribution is -0.144. The molecule has 0 radical (unpaired) electrons. The van der Waals surface area contributed by atoms with Gasteiger partial charge in [0, 0.05) is 17.5 Å². The Kier molecular flexibility index (Phi) is 4.47. The maximum absolute atomic E-state index is 12.9. The predicted molar refractivity (Wildman–Crippen MR) is 88.2 cm³/mol. The number of Topliss-reactive ketones (excluding diaryl/α,β-unsaturated/α-hetero) is 1. The molecule has 1 heterocycles. The third kappa shape index (κ3) is 2.48. The minimum Gasteiger partial charge on any atom is -0.468 e. The lowest BCUT2D eigenvalue weighted by Crippen LogP contribution is -2.40. The van der Waals surface area contributed by atoms with Gasteiger partial charge in [-0.15, -0.1) is 0 Å². The summed E-state index contributed by atoms with van der Waals surface area (Å²) in [7, 11) is 1.40. The molecule has 1 spiro atoms. The molecule has 23 heavy (non-hydrogen) atoms. The first-order valence-corrected chi connectivity index (χ1v) is 8.55. The minimum absolute atomic E-state index is 0.0365. The molecule has 1 aromatic carbocycles. The van der Waals surface area contributed by atoms with E-state index in [1.165, 1.54) is 7.11 Å². The molecule has 3 rings (SSSR count). The van der Waals surface area contributed by atoms with Crippen molar-refractivity contribution in [1.29, 1.82) is 0 Å². The van der Waals surface area contributed by atoms with E-state index in [0.717, 1.165) is 24.8 Å². The number of carbonyl (C=O) groups excluding carboxylic acids is 2. The summed E-state index contributed by atoms with van der Waals surface area (Å²) in [4.78, 5) is 25.1. The van der Waals surface area contributed by atoms with Gasteiger partial charge in [0.2, 0.25) is 0 Å². The standard InChI is InChI=1S/C18H22ClNO3/c1-3-13-15(17(22)23-2)20-16(11-6-8-12(19)9-7-11)18(13)10-4-5-14(18)21/h6-9,13,15-16,20H,3-5,10H2,1-2H3/t13-,15+,16+,18-/m0/s1. The Bertz CT molecular complexity index is 615. The first kappa shape index (κ1) is 16.5. The maximum Gasteiger partial charge on any atom is 0.323 e. The Morgan fingerprint density at radius 2 is 2.09 bits per heavy atom. The summed E-state index contributed by atoms with van der Waals surface area (Å²) < 4.78 is 4.97. The van der Waals surface area contributed by atoms with Crippen LogP contribution in [0.5, 0.6) is 0 Å². The van der Waals surface area contributed by atoms with Gasteiger partial charge in [0.1, 0.15) is 11.8 Å². The van der Waals surface area contributed by atoms with Crippen LogP contribution in [0.1, 0.15) is 44.2 Å². The number of carbonyl (C=O) groups is 2. The summed E-state index contributed by atoms with van der Waals surface area (Å²) in [5, 5.41) is 4.07. The first-order chi connectivity index (χ1) is 11.0. The van der Waals surface area contributed by atoms with Crippen molar-refractivity contribution in [2.45, 2.75) is 44.7 Å². The number of halogens is 1. The minimum atomic E-state index is -0.512. The topological polar surface area (TPSA) is 55.4 Å². The summed E-state index contributed by atoms with van der Waals surface area (Å²) in [5.41, 5.74) is 0.496. The molecule has 5 heteroatoms. The molecule has 2 aliphatic rings. The molecule has 0 bridgehead atoms. The van der Waals surface area contributed by atoms with Crippen molar-refractivity contribution in [2.75, 3.05) is 7.11 Å². The summed E-state index contributed by atoms with van der Waals surface area (Å²) in [6.45, 7) is 2.04. The maximum atomic E-state index is 12.9. The van der Waals surface area contributed by atoms with E-state index in [4.69, 9.17) is 16.3 Å². The molecule has 0 unspecified atom stereocenters. The molecule has 124 valence electrons. The van der Waals surface area contributed by atoms with Crippen LogP contribution in [0.25, 0.3) is 0 Å². The van der Waals surface area contributed by atoms with Crippen molar-refractivity contribution in [3.05, 3.63) is 34.9 Å².